The number of benzene rings is 1. The van der Waals surface area contributed by atoms with Gasteiger partial charge in [0.2, 0.25) is 5.95 Å². The van der Waals surface area contributed by atoms with E-state index < -0.39 is 17.8 Å². The zero-order valence-corrected chi connectivity index (χ0v) is 12.0. The van der Waals surface area contributed by atoms with Gasteiger partial charge in [-0.3, -0.25) is 0 Å². The van der Waals surface area contributed by atoms with Crippen molar-refractivity contribution in [2.45, 2.75) is 25.4 Å². The number of hydrogen-bond donors (Lipinski definition) is 1. The van der Waals surface area contributed by atoms with E-state index in [0.29, 0.717) is 6.42 Å². The van der Waals surface area contributed by atoms with Gasteiger partial charge in [0.25, 0.3) is 0 Å². The van der Waals surface area contributed by atoms with Crippen LogP contribution in [0.3, 0.4) is 0 Å². The fourth-order valence-corrected chi connectivity index (χ4v) is 2.76. The molecule has 6 heteroatoms. The van der Waals surface area contributed by atoms with Gasteiger partial charge in [-0.15, -0.1) is 0 Å². The summed E-state index contributed by atoms with van der Waals surface area (Å²) in [6, 6.07) is 4.88. The molecule has 2 aromatic rings. The Balaban J connectivity index is 2.18. The van der Waals surface area contributed by atoms with Gasteiger partial charge in [0.05, 0.1) is 0 Å². The fraction of sp³-hybridized carbons (Fsp3) is 0.235. The highest BCUT2D eigenvalue weighted by atomic mass is 19.4. The van der Waals surface area contributed by atoms with Crippen molar-refractivity contribution >= 4 is 6.08 Å². The van der Waals surface area contributed by atoms with Gasteiger partial charge in [0.15, 0.2) is 0 Å². The summed E-state index contributed by atoms with van der Waals surface area (Å²) in [6.07, 6.45) is 1.41. The third-order valence-electron chi connectivity index (χ3n) is 3.83. The molecular formula is C17H13F4NO. The highest BCUT2D eigenvalue weighted by Crippen LogP contribution is 2.39. The number of allylic oxidation sites excluding steroid dienone is 1. The average molecular weight is 323 g/mol. The van der Waals surface area contributed by atoms with Crippen molar-refractivity contribution < 1.29 is 22.7 Å². The van der Waals surface area contributed by atoms with E-state index in [1.807, 2.05) is 12.2 Å². The number of aromatic hydroxyl groups is 1. The number of phenols is 1. The van der Waals surface area contributed by atoms with Crippen molar-refractivity contribution in [3.05, 3.63) is 53.1 Å². The molecule has 0 unspecified atom stereocenters. The molecule has 0 fully saturated rings. The second kappa shape index (κ2) is 5.68. The van der Waals surface area contributed by atoms with Crippen LogP contribution in [0.25, 0.3) is 17.2 Å². The SMILES string of the molecule is Oc1ccc2c(c1-c1ccc(C(F)(F)F)nc1F)CCCC=C2. The van der Waals surface area contributed by atoms with Gasteiger partial charge in [-0.25, -0.2) is 4.98 Å². The molecule has 23 heavy (non-hydrogen) atoms. The van der Waals surface area contributed by atoms with Crippen LogP contribution in [0.2, 0.25) is 0 Å². The summed E-state index contributed by atoms with van der Waals surface area (Å²) in [7, 11) is 0. The lowest BCUT2D eigenvalue weighted by atomic mass is 9.92. The third-order valence-corrected chi connectivity index (χ3v) is 3.83. The summed E-state index contributed by atoms with van der Waals surface area (Å²) >= 11 is 0. The van der Waals surface area contributed by atoms with Crippen molar-refractivity contribution in [2.24, 2.45) is 0 Å². The van der Waals surface area contributed by atoms with Gasteiger partial charge in [-0.1, -0.05) is 18.2 Å². The Hall–Kier alpha value is -2.37. The molecular weight excluding hydrogens is 310 g/mol. The Morgan fingerprint density at radius 2 is 1.87 bits per heavy atom. The molecule has 1 aliphatic rings. The van der Waals surface area contributed by atoms with E-state index in [4.69, 9.17) is 0 Å². The lowest BCUT2D eigenvalue weighted by Gasteiger charge is -2.15. The number of pyridine rings is 1. The number of halogens is 4. The predicted octanol–water partition coefficient (Wildman–Crippen LogP) is 4.96. The summed E-state index contributed by atoms with van der Waals surface area (Å²) in [5, 5.41) is 10.1. The monoisotopic (exact) mass is 323 g/mol. The van der Waals surface area contributed by atoms with E-state index in [9.17, 15) is 22.7 Å². The molecule has 0 bridgehead atoms. The first-order valence-corrected chi connectivity index (χ1v) is 7.13. The maximum Gasteiger partial charge on any atom is 0.433 e. The van der Waals surface area contributed by atoms with Crippen molar-refractivity contribution in [3.63, 3.8) is 0 Å². The second-order valence-electron chi connectivity index (χ2n) is 5.35. The zero-order chi connectivity index (χ0) is 16.6. The van der Waals surface area contributed by atoms with Crippen LogP contribution >= 0.6 is 0 Å². The molecule has 120 valence electrons. The van der Waals surface area contributed by atoms with Crippen LogP contribution in [-0.2, 0) is 12.6 Å². The molecule has 1 aromatic heterocycles. The van der Waals surface area contributed by atoms with E-state index in [0.717, 1.165) is 36.1 Å². The molecule has 0 amide bonds. The third kappa shape index (κ3) is 2.93. The van der Waals surface area contributed by atoms with Crippen LogP contribution in [0.1, 0.15) is 29.7 Å². The Kier molecular flexibility index (Phi) is 3.83. The summed E-state index contributed by atoms with van der Waals surface area (Å²) in [6.45, 7) is 0. The van der Waals surface area contributed by atoms with E-state index in [2.05, 4.69) is 4.98 Å². The summed E-state index contributed by atoms with van der Waals surface area (Å²) < 4.78 is 52.0. The standard InChI is InChI=1S/C17H13F4NO/c18-16-12(7-9-14(22-16)17(19,20)21)15-11-5-3-1-2-4-10(11)6-8-13(15)23/h2,4,6-9,23H,1,3,5H2. The van der Waals surface area contributed by atoms with E-state index in [-0.39, 0.29) is 16.9 Å². The van der Waals surface area contributed by atoms with Gasteiger partial charge in [-0.2, -0.15) is 17.6 Å². The maximum absolute atomic E-state index is 14.2. The zero-order valence-electron chi connectivity index (χ0n) is 12.0. The van der Waals surface area contributed by atoms with E-state index in [1.54, 1.807) is 6.07 Å². The summed E-state index contributed by atoms with van der Waals surface area (Å²) in [5.41, 5.74) is 0.351. The number of fused-ring (bicyclic) bond motifs is 1. The van der Waals surface area contributed by atoms with Crippen molar-refractivity contribution in [1.29, 1.82) is 0 Å². The Morgan fingerprint density at radius 1 is 1.09 bits per heavy atom. The van der Waals surface area contributed by atoms with Crippen molar-refractivity contribution in [2.75, 3.05) is 0 Å². The minimum absolute atomic E-state index is 0.123. The molecule has 0 aliphatic heterocycles. The highest BCUT2D eigenvalue weighted by molar-refractivity contribution is 5.78. The van der Waals surface area contributed by atoms with Crippen molar-refractivity contribution in [1.82, 2.24) is 4.98 Å². The van der Waals surface area contributed by atoms with Crippen LogP contribution < -0.4 is 0 Å². The topological polar surface area (TPSA) is 33.1 Å². The van der Waals surface area contributed by atoms with E-state index in [1.165, 1.54) is 6.07 Å². The summed E-state index contributed by atoms with van der Waals surface area (Å²) in [4.78, 5) is 3.01. The minimum atomic E-state index is -4.71. The first-order chi connectivity index (χ1) is 10.9. The molecule has 1 aliphatic carbocycles. The number of hydrogen-bond acceptors (Lipinski definition) is 2. The molecule has 3 rings (SSSR count). The van der Waals surface area contributed by atoms with Crippen LogP contribution in [0.5, 0.6) is 5.75 Å². The lowest BCUT2D eigenvalue weighted by molar-refractivity contribution is -0.141. The molecule has 0 radical (unpaired) electrons. The number of aromatic nitrogens is 1. The molecule has 0 saturated heterocycles. The highest BCUT2D eigenvalue weighted by Gasteiger charge is 2.33. The predicted molar refractivity (Wildman–Crippen MR) is 78.3 cm³/mol. The largest absolute Gasteiger partial charge is 0.507 e. The normalized spacial score (nSPS) is 14.4. The number of phenolic OH excluding ortho intramolecular Hbond substituents is 1. The van der Waals surface area contributed by atoms with Crippen LogP contribution in [0, 0.1) is 5.95 Å². The second-order valence-corrected chi connectivity index (χ2v) is 5.35. The molecule has 0 saturated carbocycles. The summed E-state index contributed by atoms with van der Waals surface area (Å²) in [5.74, 6) is -1.41. The molecule has 2 nitrogen and oxygen atoms in total. The van der Waals surface area contributed by atoms with Crippen LogP contribution in [0.4, 0.5) is 17.6 Å². The Bertz CT molecular complexity index is 781. The maximum atomic E-state index is 14.2. The minimum Gasteiger partial charge on any atom is -0.507 e. The Labute approximate surface area is 130 Å². The van der Waals surface area contributed by atoms with E-state index >= 15 is 0 Å². The van der Waals surface area contributed by atoms with Gasteiger partial charge < -0.3 is 5.11 Å². The molecule has 0 atom stereocenters. The quantitative estimate of drug-likeness (QED) is 0.594. The first-order valence-electron chi connectivity index (χ1n) is 7.13. The van der Waals surface area contributed by atoms with Gasteiger partial charge in [0, 0.05) is 11.1 Å². The van der Waals surface area contributed by atoms with Gasteiger partial charge in [0.1, 0.15) is 11.4 Å². The Morgan fingerprint density at radius 3 is 2.57 bits per heavy atom. The smallest absolute Gasteiger partial charge is 0.433 e. The average Bonchev–Trinajstić information content (AvgIpc) is 2.72. The molecule has 1 heterocycles. The number of alkyl halides is 3. The first kappa shape index (κ1) is 15.5. The molecule has 0 spiro atoms. The lowest BCUT2D eigenvalue weighted by Crippen LogP contribution is -2.09. The van der Waals surface area contributed by atoms with Crippen molar-refractivity contribution in [3.8, 4) is 16.9 Å². The van der Waals surface area contributed by atoms with Gasteiger partial charge in [-0.05, 0) is 48.6 Å². The number of nitrogens with zero attached hydrogens (tertiary/aromatic N) is 1. The fourth-order valence-electron chi connectivity index (χ4n) is 2.76. The molecule has 1 aromatic carbocycles. The van der Waals surface area contributed by atoms with Gasteiger partial charge >= 0.3 is 6.18 Å². The number of rotatable bonds is 1. The van der Waals surface area contributed by atoms with Crippen LogP contribution in [0.15, 0.2) is 30.3 Å². The molecule has 1 N–H and O–H groups in total. The van der Waals surface area contributed by atoms with Crippen LogP contribution in [-0.4, -0.2) is 10.1 Å².